The van der Waals surface area contributed by atoms with Crippen molar-refractivity contribution in [2.45, 2.75) is 62.8 Å². The molecule has 0 radical (unpaired) electrons. The van der Waals surface area contributed by atoms with Crippen LogP contribution in [0.4, 0.5) is 0 Å². The van der Waals surface area contributed by atoms with E-state index in [1.165, 1.54) is 28.5 Å². The van der Waals surface area contributed by atoms with Crippen molar-refractivity contribution < 1.29 is 19.8 Å². The van der Waals surface area contributed by atoms with E-state index in [0.717, 1.165) is 29.4 Å². The van der Waals surface area contributed by atoms with Crippen LogP contribution in [0.3, 0.4) is 0 Å². The average Bonchev–Trinajstić information content (AvgIpc) is 3.23. The monoisotopic (exact) mass is 435 g/mol. The highest BCUT2D eigenvalue weighted by Gasteiger charge is 2.32. The third kappa shape index (κ3) is 7.96. The number of aromatic nitrogens is 1. The number of carbonyl (C=O) groups is 2. The molecule has 1 saturated carbocycles. The van der Waals surface area contributed by atoms with Crippen molar-refractivity contribution in [2.24, 2.45) is 17.8 Å². The molecule has 2 N–H and O–H groups in total. The molecule has 3 atom stereocenters. The van der Waals surface area contributed by atoms with Gasteiger partial charge in [0.15, 0.2) is 10.0 Å². The first-order valence-electron chi connectivity index (χ1n) is 9.91. The van der Waals surface area contributed by atoms with Crippen LogP contribution in [-0.2, 0) is 4.79 Å². The summed E-state index contributed by atoms with van der Waals surface area (Å²) in [6.07, 6.45) is 7.40. The van der Waals surface area contributed by atoms with E-state index in [1.807, 2.05) is 6.08 Å². The molecule has 1 aromatic rings. The molecule has 0 aromatic carbocycles. The zero-order valence-corrected chi connectivity index (χ0v) is 18.8. The molecule has 5 nitrogen and oxygen atoms in total. The summed E-state index contributed by atoms with van der Waals surface area (Å²) in [6.45, 7) is 5.91. The smallest absolute Gasteiger partial charge is 0.355 e. The van der Waals surface area contributed by atoms with E-state index in [4.69, 9.17) is 5.11 Å². The molecule has 1 fully saturated rings. The number of nitrogens with zero attached hydrogens (tertiary/aromatic N) is 1. The summed E-state index contributed by atoms with van der Waals surface area (Å²) in [5.74, 6) is 6.62. The lowest BCUT2D eigenvalue weighted by Gasteiger charge is -2.16. The van der Waals surface area contributed by atoms with Crippen LogP contribution in [0.25, 0.3) is 0 Å². The fraction of sp³-hybridized carbons (Fsp3) is 0.591. The molecule has 1 aliphatic carbocycles. The molecule has 2 rings (SSSR count). The second-order valence-electron chi connectivity index (χ2n) is 8.02. The van der Waals surface area contributed by atoms with Gasteiger partial charge >= 0.3 is 5.97 Å². The van der Waals surface area contributed by atoms with Gasteiger partial charge in [0.2, 0.25) is 0 Å². The maximum absolute atomic E-state index is 12.3. The number of rotatable bonds is 9. The first-order valence-corrected chi connectivity index (χ1v) is 11.8. The van der Waals surface area contributed by atoms with Crippen LogP contribution in [0, 0.1) is 29.6 Å². The van der Waals surface area contributed by atoms with Crippen LogP contribution in [0.15, 0.2) is 21.9 Å². The van der Waals surface area contributed by atoms with Gasteiger partial charge in [-0.1, -0.05) is 43.7 Å². The Morgan fingerprint density at radius 3 is 2.93 bits per heavy atom. The SMILES string of the molecule is CC(C)CC#C[C@@](C)(O)C/C=C/[C@H]1CCC(=O)[C@@H]1CCSc1nc(C(=O)O)cs1. The molecular weight excluding hydrogens is 406 g/mol. The van der Waals surface area contributed by atoms with E-state index < -0.39 is 11.6 Å². The first kappa shape index (κ1) is 23.7. The highest BCUT2D eigenvalue weighted by Crippen LogP contribution is 2.35. The molecular formula is C22H29NO4S2. The van der Waals surface area contributed by atoms with Crippen molar-refractivity contribution in [1.29, 1.82) is 0 Å². The number of allylic oxidation sites excluding steroid dienone is 1. The largest absolute Gasteiger partial charge is 0.476 e. The number of aliphatic hydroxyl groups is 1. The number of hydrogen-bond donors (Lipinski definition) is 2. The lowest BCUT2D eigenvalue weighted by Crippen LogP contribution is -2.20. The number of ketones is 1. The summed E-state index contributed by atoms with van der Waals surface area (Å²) in [5.41, 5.74) is -0.981. The number of carboxylic acids is 1. The van der Waals surface area contributed by atoms with Gasteiger partial charge in [0.05, 0.1) is 0 Å². The molecule has 1 aromatic heterocycles. The van der Waals surface area contributed by atoms with Crippen molar-refractivity contribution >= 4 is 34.9 Å². The normalized spacial score (nSPS) is 21.3. The van der Waals surface area contributed by atoms with Crippen LogP contribution in [0.2, 0.25) is 0 Å². The number of thiazole rings is 1. The second kappa shape index (κ2) is 11.0. The third-order valence-corrected chi connectivity index (χ3v) is 6.83. The van der Waals surface area contributed by atoms with Crippen molar-refractivity contribution in [3.8, 4) is 11.8 Å². The Bertz CT molecular complexity index is 801. The van der Waals surface area contributed by atoms with Crippen LogP contribution < -0.4 is 0 Å². The molecule has 0 aliphatic heterocycles. The fourth-order valence-corrected chi connectivity index (χ4v) is 5.10. The molecule has 158 valence electrons. The molecule has 0 amide bonds. The van der Waals surface area contributed by atoms with Gasteiger partial charge in [-0.05, 0) is 31.6 Å². The summed E-state index contributed by atoms with van der Waals surface area (Å²) in [6, 6.07) is 0. The Labute approximate surface area is 181 Å². The van der Waals surface area contributed by atoms with Gasteiger partial charge in [-0.25, -0.2) is 9.78 Å². The van der Waals surface area contributed by atoms with Crippen molar-refractivity contribution in [1.82, 2.24) is 4.98 Å². The van der Waals surface area contributed by atoms with E-state index in [9.17, 15) is 14.7 Å². The van der Waals surface area contributed by atoms with Crippen LogP contribution in [-0.4, -0.2) is 38.3 Å². The quantitative estimate of drug-likeness (QED) is 0.333. The topological polar surface area (TPSA) is 87.5 Å². The van der Waals surface area contributed by atoms with E-state index in [1.54, 1.807) is 6.92 Å². The minimum Gasteiger partial charge on any atom is -0.476 e. The maximum Gasteiger partial charge on any atom is 0.355 e. The molecule has 1 heterocycles. The molecule has 0 saturated heterocycles. The highest BCUT2D eigenvalue weighted by atomic mass is 32.2. The molecule has 0 bridgehead atoms. The predicted molar refractivity (Wildman–Crippen MR) is 117 cm³/mol. The number of carbonyl (C=O) groups excluding carboxylic acids is 1. The Morgan fingerprint density at radius 2 is 2.28 bits per heavy atom. The van der Waals surface area contributed by atoms with Gasteiger partial charge in [0, 0.05) is 36.3 Å². The first-order chi connectivity index (χ1) is 13.7. The predicted octanol–water partition coefficient (Wildman–Crippen LogP) is 4.67. The average molecular weight is 436 g/mol. The molecule has 29 heavy (non-hydrogen) atoms. The van der Waals surface area contributed by atoms with Crippen LogP contribution in [0.5, 0.6) is 0 Å². The lowest BCUT2D eigenvalue weighted by molar-refractivity contribution is -0.121. The Balaban J connectivity index is 1.84. The molecule has 0 spiro atoms. The minimum atomic E-state index is -1.05. The van der Waals surface area contributed by atoms with E-state index in [0.29, 0.717) is 18.8 Å². The highest BCUT2D eigenvalue weighted by molar-refractivity contribution is 8.01. The summed E-state index contributed by atoms with van der Waals surface area (Å²) < 4.78 is 0.718. The molecule has 7 heteroatoms. The summed E-state index contributed by atoms with van der Waals surface area (Å²) in [7, 11) is 0. The van der Waals surface area contributed by atoms with Crippen LogP contribution in [0.1, 0.15) is 63.4 Å². The van der Waals surface area contributed by atoms with E-state index >= 15 is 0 Å². The number of hydrogen-bond acceptors (Lipinski definition) is 6. The molecule has 0 unspecified atom stereocenters. The van der Waals surface area contributed by atoms with Crippen molar-refractivity contribution in [3.05, 3.63) is 23.2 Å². The summed E-state index contributed by atoms with van der Waals surface area (Å²) in [4.78, 5) is 27.2. The number of Topliss-reactive ketones (excluding diaryl/α,β-unsaturated/α-hetero) is 1. The lowest BCUT2D eigenvalue weighted by atomic mass is 9.91. The summed E-state index contributed by atoms with van der Waals surface area (Å²) >= 11 is 2.82. The Kier molecular flexibility index (Phi) is 8.94. The van der Waals surface area contributed by atoms with Gasteiger partial charge in [-0.3, -0.25) is 4.79 Å². The molecule has 1 aliphatic rings. The van der Waals surface area contributed by atoms with E-state index in [2.05, 4.69) is 36.7 Å². The van der Waals surface area contributed by atoms with Crippen molar-refractivity contribution in [2.75, 3.05) is 5.75 Å². The van der Waals surface area contributed by atoms with Crippen molar-refractivity contribution in [3.63, 3.8) is 0 Å². The van der Waals surface area contributed by atoms with E-state index in [-0.39, 0.29) is 23.3 Å². The summed E-state index contributed by atoms with van der Waals surface area (Å²) in [5, 5.41) is 20.9. The van der Waals surface area contributed by atoms with Gasteiger partial charge in [0.1, 0.15) is 11.4 Å². The van der Waals surface area contributed by atoms with Gasteiger partial charge in [-0.15, -0.1) is 17.3 Å². The number of aromatic carboxylic acids is 1. The van der Waals surface area contributed by atoms with Gasteiger partial charge in [0.25, 0.3) is 0 Å². The zero-order chi connectivity index (χ0) is 21.4. The standard InChI is InChI=1S/C22H29NO4S2/c1-15(2)6-4-11-22(3,27)12-5-7-16-8-9-19(24)17(16)10-13-28-21-23-18(14-29-21)20(25)26/h5,7,14-17,27H,6,8-10,12-13H2,1-3H3,(H,25,26)/b7-5+/t16-,17+,22+/m0/s1. The third-order valence-electron chi connectivity index (χ3n) is 4.78. The Hall–Kier alpha value is -1.62. The number of thioether (sulfide) groups is 1. The zero-order valence-electron chi connectivity index (χ0n) is 17.2. The fourth-order valence-electron chi connectivity index (χ4n) is 3.20. The van der Waals surface area contributed by atoms with Gasteiger partial charge < -0.3 is 10.2 Å². The maximum atomic E-state index is 12.3. The van der Waals surface area contributed by atoms with Crippen LogP contribution >= 0.6 is 23.1 Å². The minimum absolute atomic E-state index is 0.0189. The second-order valence-corrected chi connectivity index (χ2v) is 10.2. The Morgan fingerprint density at radius 1 is 1.52 bits per heavy atom. The van der Waals surface area contributed by atoms with Gasteiger partial charge in [-0.2, -0.15) is 0 Å². The number of carboxylic acid groups (broad SMARTS) is 1.